The van der Waals surface area contributed by atoms with Crippen molar-refractivity contribution in [1.82, 2.24) is 10.2 Å². The number of hydrogen-bond donors (Lipinski definition) is 1. The lowest BCUT2D eigenvalue weighted by Crippen LogP contribution is -2.56. The molecule has 1 N–H and O–H groups in total. The van der Waals surface area contributed by atoms with Crippen molar-refractivity contribution in [3.05, 3.63) is 48.0 Å². The number of carbonyl (C=O) groups excluding carboxylic acids is 1. The summed E-state index contributed by atoms with van der Waals surface area (Å²) in [7, 11) is 0. The molecule has 0 spiro atoms. The molecule has 0 saturated carbocycles. The summed E-state index contributed by atoms with van der Waals surface area (Å²) in [4.78, 5) is 15.1. The van der Waals surface area contributed by atoms with Crippen LogP contribution in [0.1, 0.15) is 36.5 Å². The van der Waals surface area contributed by atoms with Crippen molar-refractivity contribution in [2.45, 2.75) is 32.2 Å². The first-order chi connectivity index (χ1) is 11.7. The van der Waals surface area contributed by atoms with Crippen molar-refractivity contribution < 1.29 is 4.79 Å². The molecule has 2 aromatic rings. The molecule has 2 bridgehead atoms. The van der Waals surface area contributed by atoms with Crippen molar-refractivity contribution in [3.63, 3.8) is 0 Å². The van der Waals surface area contributed by atoms with Crippen LogP contribution in [0.25, 0.3) is 10.8 Å². The fourth-order valence-electron chi connectivity index (χ4n) is 4.57. The fraction of sp³-hybridized carbons (Fsp3) is 0.476. The van der Waals surface area contributed by atoms with Crippen LogP contribution in [-0.2, 0) is 0 Å². The average molecular weight is 322 g/mol. The Morgan fingerprint density at radius 2 is 2.04 bits per heavy atom. The summed E-state index contributed by atoms with van der Waals surface area (Å²) >= 11 is 0. The van der Waals surface area contributed by atoms with Gasteiger partial charge in [-0.3, -0.25) is 9.69 Å². The molecule has 5 rings (SSSR count). The van der Waals surface area contributed by atoms with Gasteiger partial charge in [-0.25, -0.2) is 0 Å². The predicted octanol–water partition coefficient (Wildman–Crippen LogP) is 3.69. The molecule has 3 nitrogen and oxygen atoms in total. The van der Waals surface area contributed by atoms with Gasteiger partial charge in [0.1, 0.15) is 0 Å². The number of piperidine rings is 3. The van der Waals surface area contributed by atoms with Crippen LogP contribution in [0.5, 0.6) is 0 Å². The molecular weight excluding hydrogens is 296 g/mol. The Balaban J connectivity index is 1.39. The molecule has 1 amide bonds. The summed E-state index contributed by atoms with van der Waals surface area (Å²) in [5.41, 5.74) is 0.760. The van der Waals surface area contributed by atoms with Crippen LogP contribution >= 0.6 is 0 Å². The maximum Gasteiger partial charge on any atom is 0.251 e. The van der Waals surface area contributed by atoms with E-state index in [1.807, 2.05) is 30.3 Å². The first-order valence-corrected chi connectivity index (χ1v) is 9.25. The zero-order chi connectivity index (χ0) is 16.5. The Kier molecular flexibility index (Phi) is 4.28. The number of rotatable bonds is 4. The minimum atomic E-state index is 0.0513. The fourth-order valence-corrected chi connectivity index (χ4v) is 4.57. The van der Waals surface area contributed by atoms with Crippen molar-refractivity contribution in [2.75, 3.05) is 19.6 Å². The van der Waals surface area contributed by atoms with Crippen LogP contribution in [0, 0.1) is 11.8 Å². The lowest BCUT2D eigenvalue weighted by molar-refractivity contribution is 0.000727. The van der Waals surface area contributed by atoms with Crippen LogP contribution < -0.4 is 5.32 Å². The van der Waals surface area contributed by atoms with Crippen LogP contribution in [-0.4, -0.2) is 36.5 Å². The number of fused-ring (bicyclic) bond motifs is 4. The summed E-state index contributed by atoms with van der Waals surface area (Å²) in [5.74, 6) is 1.78. The van der Waals surface area contributed by atoms with Gasteiger partial charge >= 0.3 is 0 Å². The van der Waals surface area contributed by atoms with Crippen molar-refractivity contribution in [2.24, 2.45) is 11.8 Å². The highest BCUT2D eigenvalue weighted by Crippen LogP contribution is 2.37. The Bertz CT molecular complexity index is 741. The van der Waals surface area contributed by atoms with Crippen molar-refractivity contribution >= 4 is 16.7 Å². The van der Waals surface area contributed by atoms with Gasteiger partial charge in [0.25, 0.3) is 5.91 Å². The molecule has 3 aliphatic rings. The molecular formula is C21H26N2O. The smallest absolute Gasteiger partial charge is 0.251 e. The molecule has 4 atom stereocenters. The molecule has 0 radical (unpaired) electrons. The highest BCUT2D eigenvalue weighted by molar-refractivity contribution is 5.98. The van der Waals surface area contributed by atoms with E-state index in [4.69, 9.17) is 0 Å². The Morgan fingerprint density at radius 3 is 2.79 bits per heavy atom. The molecule has 3 fully saturated rings. The monoisotopic (exact) mass is 322 g/mol. The largest absolute Gasteiger partial charge is 0.350 e. The van der Waals surface area contributed by atoms with E-state index in [2.05, 4.69) is 29.3 Å². The van der Waals surface area contributed by atoms with Gasteiger partial charge in [0, 0.05) is 24.7 Å². The maximum absolute atomic E-state index is 12.5. The standard InChI is InChI=1S/C21H26N2O/c1-2-15-14-23-10-9-18(15)12-20(23)13-22-21(24)19-8-7-16-5-3-4-6-17(16)11-19/h3-8,11,15,18,20H,2,9-10,12-14H2,1H3,(H,22,24)/t15-,18+,20-/m1/s1. The quantitative estimate of drug-likeness (QED) is 0.931. The third kappa shape index (κ3) is 2.93. The van der Waals surface area contributed by atoms with Gasteiger partial charge in [-0.15, -0.1) is 0 Å². The van der Waals surface area contributed by atoms with E-state index in [1.54, 1.807) is 0 Å². The second-order valence-corrected chi connectivity index (χ2v) is 7.37. The van der Waals surface area contributed by atoms with Gasteiger partial charge in [0.2, 0.25) is 0 Å². The minimum Gasteiger partial charge on any atom is -0.350 e. The summed E-state index contributed by atoms with van der Waals surface area (Å²) < 4.78 is 0. The molecule has 2 aromatic carbocycles. The van der Waals surface area contributed by atoms with Crippen LogP contribution in [0.15, 0.2) is 42.5 Å². The molecule has 126 valence electrons. The van der Waals surface area contributed by atoms with Gasteiger partial charge in [-0.05, 0) is 54.1 Å². The molecule has 0 aliphatic carbocycles. The summed E-state index contributed by atoms with van der Waals surface area (Å²) in [5, 5.41) is 5.47. The van der Waals surface area contributed by atoms with Gasteiger partial charge in [-0.1, -0.05) is 43.7 Å². The first-order valence-electron chi connectivity index (χ1n) is 9.25. The highest BCUT2D eigenvalue weighted by atomic mass is 16.1. The molecule has 3 aliphatic heterocycles. The Morgan fingerprint density at radius 1 is 1.21 bits per heavy atom. The summed E-state index contributed by atoms with van der Waals surface area (Å²) in [6.07, 6.45) is 3.88. The zero-order valence-electron chi connectivity index (χ0n) is 14.4. The highest BCUT2D eigenvalue weighted by Gasteiger charge is 2.38. The van der Waals surface area contributed by atoms with E-state index >= 15 is 0 Å². The Labute approximate surface area is 144 Å². The summed E-state index contributed by atoms with van der Waals surface area (Å²) in [6.45, 7) is 5.51. The van der Waals surface area contributed by atoms with E-state index in [9.17, 15) is 4.79 Å². The van der Waals surface area contributed by atoms with Crippen LogP contribution in [0.4, 0.5) is 0 Å². The lowest BCUT2D eigenvalue weighted by Gasteiger charge is -2.50. The lowest BCUT2D eigenvalue weighted by atomic mass is 9.74. The molecule has 3 heteroatoms. The number of carbonyl (C=O) groups is 1. The predicted molar refractivity (Wildman–Crippen MR) is 98.1 cm³/mol. The van der Waals surface area contributed by atoms with E-state index in [0.29, 0.717) is 6.04 Å². The number of amides is 1. The molecule has 0 aromatic heterocycles. The van der Waals surface area contributed by atoms with Gasteiger partial charge < -0.3 is 5.32 Å². The third-order valence-electron chi connectivity index (χ3n) is 6.05. The Hall–Kier alpha value is -1.87. The zero-order valence-corrected chi connectivity index (χ0v) is 14.4. The van der Waals surface area contributed by atoms with E-state index in [0.717, 1.165) is 29.3 Å². The number of benzene rings is 2. The van der Waals surface area contributed by atoms with Gasteiger partial charge in [-0.2, -0.15) is 0 Å². The van der Waals surface area contributed by atoms with Crippen LogP contribution in [0.3, 0.4) is 0 Å². The van der Waals surface area contributed by atoms with E-state index in [1.165, 1.54) is 37.7 Å². The number of nitrogens with zero attached hydrogens (tertiary/aromatic N) is 1. The first kappa shape index (κ1) is 15.6. The topological polar surface area (TPSA) is 32.3 Å². The van der Waals surface area contributed by atoms with Gasteiger partial charge in [0.05, 0.1) is 0 Å². The van der Waals surface area contributed by atoms with Crippen molar-refractivity contribution in [3.8, 4) is 0 Å². The molecule has 3 saturated heterocycles. The maximum atomic E-state index is 12.5. The van der Waals surface area contributed by atoms with Gasteiger partial charge in [0.15, 0.2) is 0 Å². The van der Waals surface area contributed by atoms with Crippen molar-refractivity contribution in [1.29, 1.82) is 0 Å². The minimum absolute atomic E-state index is 0.0513. The normalized spacial score (nSPS) is 28.9. The average Bonchev–Trinajstić information content (AvgIpc) is 2.66. The number of nitrogens with one attached hydrogen (secondary N) is 1. The summed E-state index contributed by atoms with van der Waals surface area (Å²) in [6, 6.07) is 14.6. The van der Waals surface area contributed by atoms with Crippen LogP contribution in [0.2, 0.25) is 0 Å². The molecule has 24 heavy (non-hydrogen) atoms. The molecule has 3 heterocycles. The van der Waals surface area contributed by atoms with E-state index < -0.39 is 0 Å². The second kappa shape index (κ2) is 6.56. The number of hydrogen-bond acceptors (Lipinski definition) is 2. The third-order valence-corrected chi connectivity index (χ3v) is 6.05. The van der Waals surface area contributed by atoms with E-state index in [-0.39, 0.29) is 5.91 Å². The molecule has 1 unspecified atom stereocenters. The SMILES string of the molecule is CC[C@@H]1CN2CC[C@H]1C[C@@H]2CNC(=O)c1ccc2ccccc2c1. The second-order valence-electron chi connectivity index (χ2n) is 7.37.